The van der Waals surface area contributed by atoms with E-state index in [0.29, 0.717) is 0 Å². The van der Waals surface area contributed by atoms with E-state index in [2.05, 4.69) is 4.72 Å². The molecule has 0 aliphatic rings. The number of benzene rings is 2. The summed E-state index contributed by atoms with van der Waals surface area (Å²) in [6, 6.07) is 10.2. The summed E-state index contributed by atoms with van der Waals surface area (Å²) in [6.45, 7) is 1.83. The van der Waals surface area contributed by atoms with Crippen molar-refractivity contribution in [3.8, 4) is 5.75 Å². The highest BCUT2D eigenvalue weighted by Crippen LogP contribution is 2.26. The van der Waals surface area contributed by atoms with Crippen molar-refractivity contribution in [1.29, 1.82) is 0 Å². The zero-order valence-corrected chi connectivity index (χ0v) is 12.8. The number of carboxylic acid groups (broad SMARTS) is 1. The lowest BCUT2D eigenvalue weighted by Crippen LogP contribution is -2.14. The molecule has 0 saturated carbocycles. The van der Waals surface area contributed by atoms with E-state index in [1.54, 1.807) is 12.1 Å². The van der Waals surface area contributed by atoms with Gasteiger partial charge in [-0.25, -0.2) is 13.2 Å². The Morgan fingerprint density at radius 1 is 1.14 bits per heavy atom. The van der Waals surface area contributed by atoms with Gasteiger partial charge in [0, 0.05) is 5.69 Å². The summed E-state index contributed by atoms with van der Waals surface area (Å²) >= 11 is 0. The van der Waals surface area contributed by atoms with Gasteiger partial charge in [0.05, 0.1) is 12.7 Å². The molecule has 0 saturated heterocycles. The fourth-order valence-corrected chi connectivity index (χ4v) is 3.10. The SMILES string of the molecule is COc1cc(C)ccc1S(=O)(=O)Nc1ccc(C(=O)O)cc1. The second-order valence-corrected chi connectivity index (χ2v) is 6.29. The Morgan fingerprint density at radius 2 is 1.77 bits per heavy atom. The van der Waals surface area contributed by atoms with Crippen LogP contribution in [0.4, 0.5) is 5.69 Å². The summed E-state index contributed by atoms with van der Waals surface area (Å²) < 4.78 is 32.3. The minimum atomic E-state index is -3.83. The Morgan fingerprint density at radius 3 is 2.32 bits per heavy atom. The number of aromatic carboxylic acids is 1. The van der Waals surface area contributed by atoms with Gasteiger partial charge in [-0.15, -0.1) is 0 Å². The van der Waals surface area contributed by atoms with Crippen molar-refractivity contribution >= 4 is 21.7 Å². The number of methoxy groups -OCH3 is 1. The maximum atomic E-state index is 12.4. The van der Waals surface area contributed by atoms with E-state index < -0.39 is 16.0 Å². The predicted octanol–water partition coefficient (Wildman–Crippen LogP) is 2.50. The number of nitrogens with one attached hydrogen (secondary N) is 1. The molecule has 22 heavy (non-hydrogen) atoms. The molecule has 0 spiro atoms. The van der Waals surface area contributed by atoms with Gasteiger partial charge in [0.25, 0.3) is 10.0 Å². The molecule has 6 nitrogen and oxygen atoms in total. The Balaban J connectivity index is 2.33. The van der Waals surface area contributed by atoms with Crippen LogP contribution in [0.3, 0.4) is 0 Å². The highest BCUT2D eigenvalue weighted by molar-refractivity contribution is 7.92. The Hall–Kier alpha value is -2.54. The quantitative estimate of drug-likeness (QED) is 0.882. The van der Waals surface area contributed by atoms with E-state index in [9.17, 15) is 13.2 Å². The molecule has 0 bridgehead atoms. The molecular weight excluding hydrogens is 306 g/mol. The van der Waals surface area contributed by atoms with E-state index in [0.717, 1.165) is 5.56 Å². The van der Waals surface area contributed by atoms with Gasteiger partial charge in [-0.3, -0.25) is 4.72 Å². The maximum Gasteiger partial charge on any atom is 0.335 e. The third-order valence-corrected chi connectivity index (χ3v) is 4.41. The zero-order chi connectivity index (χ0) is 16.3. The Labute approximate surface area is 128 Å². The molecule has 0 radical (unpaired) electrons. The average molecular weight is 321 g/mol. The van der Waals surface area contributed by atoms with Crippen LogP contribution in [0.25, 0.3) is 0 Å². The normalized spacial score (nSPS) is 11.0. The lowest BCUT2D eigenvalue weighted by molar-refractivity contribution is 0.0697. The van der Waals surface area contributed by atoms with Gasteiger partial charge in [-0.05, 0) is 48.9 Å². The lowest BCUT2D eigenvalue weighted by Gasteiger charge is -2.12. The first-order valence-electron chi connectivity index (χ1n) is 6.34. The van der Waals surface area contributed by atoms with Crippen molar-refractivity contribution in [2.45, 2.75) is 11.8 Å². The van der Waals surface area contributed by atoms with Gasteiger partial charge in [0.2, 0.25) is 0 Å². The molecule has 2 aromatic rings. The summed E-state index contributed by atoms with van der Waals surface area (Å²) in [5.74, 6) is -0.829. The molecule has 2 aromatic carbocycles. The molecule has 0 aliphatic carbocycles. The van der Waals surface area contributed by atoms with Crippen LogP contribution in [0.15, 0.2) is 47.4 Å². The van der Waals surface area contributed by atoms with Crippen LogP contribution >= 0.6 is 0 Å². The number of ether oxygens (including phenoxy) is 1. The molecule has 0 aliphatic heterocycles. The molecule has 7 heteroatoms. The monoisotopic (exact) mass is 321 g/mol. The molecule has 2 rings (SSSR count). The van der Waals surface area contributed by atoms with Crippen LogP contribution in [-0.4, -0.2) is 26.6 Å². The fraction of sp³-hybridized carbons (Fsp3) is 0.133. The van der Waals surface area contributed by atoms with Crippen LogP contribution in [0.5, 0.6) is 5.75 Å². The van der Waals surface area contributed by atoms with Gasteiger partial charge in [-0.1, -0.05) is 6.07 Å². The Kier molecular flexibility index (Phi) is 4.37. The van der Waals surface area contributed by atoms with Crippen molar-refractivity contribution < 1.29 is 23.1 Å². The van der Waals surface area contributed by atoms with Crippen molar-refractivity contribution in [2.75, 3.05) is 11.8 Å². The van der Waals surface area contributed by atoms with Crippen LogP contribution in [0.1, 0.15) is 15.9 Å². The second kappa shape index (κ2) is 6.07. The van der Waals surface area contributed by atoms with Crippen molar-refractivity contribution in [3.05, 3.63) is 53.6 Å². The smallest absolute Gasteiger partial charge is 0.335 e. The number of rotatable bonds is 5. The van der Waals surface area contributed by atoms with Gasteiger partial charge in [0.1, 0.15) is 10.6 Å². The molecular formula is C15H15NO5S. The van der Waals surface area contributed by atoms with Crippen molar-refractivity contribution in [2.24, 2.45) is 0 Å². The lowest BCUT2D eigenvalue weighted by atomic mass is 10.2. The summed E-state index contributed by atoms with van der Waals surface area (Å²) in [7, 11) is -2.43. The first-order valence-corrected chi connectivity index (χ1v) is 7.82. The largest absolute Gasteiger partial charge is 0.495 e. The molecule has 0 amide bonds. The highest BCUT2D eigenvalue weighted by Gasteiger charge is 2.19. The number of carbonyl (C=O) groups is 1. The summed E-state index contributed by atoms with van der Waals surface area (Å²) in [5, 5.41) is 8.83. The highest BCUT2D eigenvalue weighted by atomic mass is 32.2. The molecule has 0 fully saturated rings. The topological polar surface area (TPSA) is 92.7 Å². The summed E-state index contributed by atoms with van der Waals surface area (Å²) in [4.78, 5) is 10.8. The van der Waals surface area contributed by atoms with E-state index >= 15 is 0 Å². The molecule has 2 N–H and O–H groups in total. The molecule has 0 atom stereocenters. The van der Waals surface area contributed by atoms with Crippen LogP contribution in [0.2, 0.25) is 0 Å². The first-order chi connectivity index (χ1) is 10.3. The van der Waals surface area contributed by atoms with Gasteiger partial charge in [0.15, 0.2) is 0 Å². The molecule has 0 aromatic heterocycles. The third kappa shape index (κ3) is 3.37. The van der Waals surface area contributed by atoms with Crippen LogP contribution < -0.4 is 9.46 Å². The zero-order valence-electron chi connectivity index (χ0n) is 12.0. The van der Waals surface area contributed by atoms with Crippen LogP contribution in [0, 0.1) is 6.92 Å². The number of hydrogen-bond acceptors (Lipinski definition) is 4. The predicted molar refractivity (Wildman–Crippen MR) is 81.9 cm³/mol. The number of sulfonamides is 1. The van der Waals surface area contributed by atoms with E-state index in [1.165, 1.54) is 37.4 Å². The molecule has 0 unspecified atom stereocenters. The molecule has 0 heterocycles. The number of hydrogen-bond donors (Lipinski definition) is 2. The van der Waals surface area contributed by atoms with E-state index in [1.807, 2.05) is 6.92 Å². The third-order valence-electron chi connectivity index (χ3n) is 2.99. The van der Waals surface area contributed by atoms with Crippen molar-refractivity contribution in [3.63, 3.8) is 0 Å². The fourth-order valence-electron chi connectivity index (χ4n) is 1.89. The number of carboxylic acids is 1. The minimum absolute atomic E-state index is 0.0166. The number of anilines is 1. The second-order valence-electron chi connectivity index (χ2n) is 4.64. The molecule has 116 valence electrons. The maximum absolute atomic E-state index is 12.4. The standard InChI is InChI=1S/C15H15NO5S/c1-10-3-8-14(13(9-10)21-2)22(19,20)16-12-6-4-11(5-7-12)15(17)18/h3-9,16H,1-2H3,(H,17,18). The van der Waals surface area contributed by atoms with E-state index in [-0.39, 0.29) is 21.9 Å². The van der Waals surface area contributed by atoms with Gasteiger partial charge < -0.3 is 9.84 Å². The average Bonchev–Trinajstić information content (AvgIpc) is 2.46. The summed E-state index contributed by atoms with van der Waals surface area (Å²) in [5.41, 5.74) is 1.23. The minimum Gasteiger partial charge on any atom is -0.495 e. The van der Waals surface area contributed by atoms with Gasteiger partial charge >= 0.3 is 5.97 Å². The van der Waals surface area contributed by atoms with Gasteiger partial charge in [-0.2, -0.15) is 0 Å². The first kappa shape index (κ1) is 15.8. The van der Waals surface area contributed by atoms with Crippen LogP contribution in [-0.2, 0) is 10.0 Å². The van der Waals surface area contributed by atoms with Crippen molar-refractivity contribution in [1.82, 2.24) is 0 Å². The number of aryl methyl sites for hydroxylation is 1. The Bertz CT molecular complexity index is 797. The van der Waals surface area contributed by atoms with E-state index in [4.69, 9.17) is 9.84 Å². The summed E-state index contributed by atoms with van der Waals surface area (Å²) in [6.07, 6.45) is 0.